The lowest BCUT2D eigenvalue weighted by atomic mass is 9.99. The maximum Gasteiger partial charge on any atom is 0.220 e. The summed E-state index contributed by atoms with van der Waals surface area (Å²) in [6, 6.07) is -0.819. The Morgan fingerprint density at radius 3 is 1.20 bits per heavy atom. The predicted molar refractivity (Wildman–Crippen MR) is 295 cm³/mol. The Morgan fingerprint density at radius 2 is 0.814 bits per heavy atom. The molecule has 1 saturated heterocycles. The molecule has 7 atom stereocenters. The van der Waals surface area contributed by atoms with Crippen LogP contribution in [0.5, 0.6) is 0 Å². The van der Waals surface area contributed by atoms with E-state index in [1.165, 1.54) is 244 Å². The molecule has 0 bridgehead atoms. The first kappa shape index (κ1) is 66.7. The molecule has 0 radical (unpaired) electrons. The van der Waals surface area contributed by atoms with Crippen LogP contribution in [0.15, 0.2) is 24.3 Å². The molecular weight excluding hydrogens is 875 g/mol. The number of hydrogen-bond donors (Lipinski definition) is 6. The van der Waals surface area contributed by atoms with Crippen molar-refractivity contribution in [1.29, 1.82) is 0 Å². The third-order valence-electron chi connectivity index (χ3n) is 14.8. The largest absolute Gasteiger partial charge is 0.394 e. The normalized spacial score (nSPS) is 19.4. The van der Waals surface area contributed by atoms with Gasteiger partial charge in [0.1, 0.15) is 24.4 Å². The molecule has 0 aliphatic carbocycles. The fourth-order valence-electron chi connectivity index (χ4n) is 9.94. The average Bonchev–Trinajstić information content (AvgIpc) is 3.36. The molecule has 9 heteroatoms. The monoisotopic (exact) mass is 992 g/mol. The number of unbranched alkanes of at least 4 members (excludes halogenated alkanes) is 41. The van der Waals surface area contributed by atoms with Crippen LogP contribution in [-0.4, -0.2) is 87.5 Å². The van der Waals surface area contributed by atoms with E-state index in [9.17, 15) is 30.3 Å². The number of ether oxygens (including phenoxy) is 2. The molecule has 6 N–H and O–H groups in total. The van der Waals surface area contributed by atoms with Crippen LogP contribution < -0.4 is 5.32 Å². The summed E-state index contributed by atoms with van der Waals surface area (Å²) in [5.74, 6) is -0.180. The van der Waals surface area contributed by atoms with Crippen molar-refractivity contribution in [3.8, 4) is 0 Å². The molecule has 1 fully saturated rings. The molecule has 70 heavy (non-hydrogen) atoms. The van der Waals surface area contributed by atoms with E-state index in [0.29, 0.717) is 6.42 Å². The lowest BCUT2D eigenvalue weighted by molar-refractivity contribution is -0.302. The molecular formula is C61H117NO8. The Balaban J connectivity index is 2.21. The Hall–Kier alpha value is -1.33. The quantitative estimate of drug-likeness (QED) is 0.0261. The van der Waals surface area contributed by atoms with Crippen molar-refractivity contribution in [1.82, 2.24) is 5.32 Å². The Morgan fingerprint density at radius 1 is 0.471 bits per heavy atom. The van der Waals surface area contributed by atoms with Gasteiger partial charge in [0.25, 0.3) is 0 Å². The molecule has 414 valence electrons. The Kier molecular flexibility index (Phi) is 48.7. The molecule has 1 aliphatic heterocycles. The van der Waals surface area contributed by atoms with Crippen molar-refractivity contribution >= 4 is 5.91 Å². The maximum absolute atomic E-state index is 13.1. The average molecular weight is 993 g/mol. The van der Waals surface area contributed by atoms with Crippen LogP contribution in [0.1, 0.15) is 303 Å². The number of rotatable bonds is 53. The fourth-order valence-corrected chi connectivity index (χ4v) is 9.94. The van der Waals surface area contributed by atoms with Gasteiger partial charge in [-0.1, -0.05) is 289 Å². The van der Waals surface area contributed by atoms with Crippen molar-refractivity contribution in [2.45, 2.75) is 346 Å². The van der Waals surface area contributed by atoms with Gasteiger partial charge in [-0.25, -0.2) is 0 Å². The molecule has 1 rings (SSSR count). The minimum Gasteiger partial charge on any atom is -0.394 e. The summed E-state index contributed by atoms with van der Waals surface area (Å²) >= 11 is 0. The summed E-state index contributed by atoms with van der Waals surface area (Å²) in [6.45, 7) is 3.81. The molecule has 1 amide bonds. The summed E-state index contributed by atoms with van der Waals surface area (Å²) in [5.41, 5.74) is 0. The first-order chi connectivity index (χ1) is 34.3. The van der Waals surface area contributed by atoms with Gasteiger partial charge >= 0.3 is 0 Å². The van der Waals surface area contributed by atoms with Gasteiger partial charge < -0.3 is 40.3 Å². The first-order valence-electron chi connectivity index (χ1n) is 30.6. The number of hydrogen-bond acceptors (Lipinski definition) is 8. The van der Waals surface area contributed by atoms with Crippen LogP contribution >= 0.6 is 0 Å². The van der Waals surface area contributed by atoms with Crippen LogP contribution in [-0.2, 0) is 14.3 Å². The molecule has 0 aromatic carbocycles. The maximum atomic E-state index is 13.1. The van der Waals surface area contributed by atoms with Crippen molar-refractivity contribution in [3.05, 3.63) is 24.3 Å². The van der Waals surface area contributed by atoms with Crippen LogP contribution in [0.25, 0.3) is 0 Å². The van der Waals surface area contributed by atoms with Gasteiger partial charge in [0.15, 0.2) is 6.29 Å². The number of allylic oxidation sites excluding steroid dienone is 3. The van der Waals surface area contributed by atoms with E-state index in [0.717, 1.165) is 38.5 Å². The third-order valence-corrected chi connectivity index (χ3v) is 14.8. The minimum atomic E-state index is -1.57. The van der Waals surface area contributed by atoms with Crippen LogP contribution in [0.4, 0.5) is 0 Å². The van der Waals surface area contributed by atoms with Crippen LogP contribution in [0.3, 0.4) is 0 Å². The first-order valence-corrected chi connectivity index (χ1v) is 30.6. The molecule has 1 aliphatic rings. The number of aliphatic hydroxyl groups excluding tert-OH is 5. The Bertz CT molecular complexity index is 1150. The van der Waals surface area contributed by atoms with E-state index in [-0.39, 0.29) is 12.5 Å². The predicted octanol–water partition coefficient (Wildman–Crippen LogP) is 15.4. The second kappa shape index (κ2) is 51.2. The zero-order valence-corrected chi connectivity index (χ0v) is 46.0. The van der Waals surface area contributed by atoms with Gasteiger partial charge in [-0.2, -0.15) is 0 Å². The summed E-state index contributed by atoms with van der Waals surface area (Å²) in [5, 5.41) is 54.6. The van der Waals surface area contributed by atoms with Crippen molar-refractivity contribution in [2.24, 2.45) is 0 Å². The van der Waals surface area contributed by atoms with Gasteiger partial charge in [-0.15, -0.1) is 0 Å². The van der Waals surface area contributed by atoms with Crippen molar-refractivity contribution < 1.29 is 39.8 Å². The summed E-state index contributed by atoms with van der Waals surface area (Å²) in [4.78, 5) is 13.1. The van der Waals surface area contributed by atoms with Gasteiger partial charge in [-0.05, 0) is 32.1 Å². The topological polar surface area (TPSA) is 149 Å². The van der Waals surface area contributed by atoms with Gasteiger partial charge in [0.2, 0.25) is 5.91 Å². The molecule has 0 spiro atoms. The smallest absolute Gasteiger partial charge is 0.220 e. The number of carbonyl (C=O) groups excluding carboxylic acids is 1. The fraction of sp³-hybridized carbons (Fsp3) is 0.918. The van der Waals surface area contributed by atoms with E-state index < -0.39 is 49.5 Å². The summed E-state index contributed by atoms with van der Waals surface area (Å²) in [6.07, 6.45) is 58.3. The van der Waals surface area contributed by atoms with E-state index in [4.69, 9.17) is 9.47 Å². The lowest BCUT2D eigenvalue weighted by Crippen LogP contribution is -2.60. The van der Waals surface area contributed by atoms with Gasteiger partial charge in [-0.3, -0.25) is 4.79 Å². The van der Waals surface area contributed by atoms with Gasteiger partial charge in [0, 0.05) is 6.42 Å². The molecule has 0 aromatic heterocycles. The highest BCUT2D eigenvalue weighted by Crippen LogP contribution is 2.23. The SMILES string of the molecule is CCCCCCCCCCCCCCCCCCCC/C=C/CC/C=C/C(O)C(COC1OC(CO)C(O)C(O)C1O)NC(=O)CCCCCCCCCCCCCCCCCCCCCCCCC. The zero-order chi connectivity index (χ0) is 50.8. The molecule has 1 heterocycles. The molecule has 0 aromatic rings. The third kappa shape index (κ3) is 40.1. The Labute approximate surface area is 432 Å². The standard InChI is InChI=1S/C61H117NO8/c1-3-5-7-9-11-13-15-17-19-21-23-25-27-29-30-32-34-36-38-40-42-44-46-48-50-55(64)54(53-69-61-60(68)59(67)58(66)56(52-63)70-61)62-57(65)51-49-47-45-43-41-39-37-35-33-31-28-26-24-22-20-18-16-14-12-10-8-6-4-2/h40,42,48,50,54-56,58-61,63-64,66-68H,3-39,41,43-47,49,51-53H2,1-2H3,(H,62,65)/b42-40+,50-48+. The number of nitrogens with one attached hydrogen (secondary N) is 1. The van der Waals surface area contributed by atoms with E-state index in [2.05, 4.69) is 31.3 Å². The summed E-state index contributed by atoms with van der Waals surface area (Å²) in [7, 11) is 0. The van der Waals surface area contributed by atoms with E-state index in [1.54, 1.807) is 6.08 Å². The number of aliphatic hydroxyl groups is 5. The second-order valence-corrected chi connectivity index (χ2v) is 21.5. The molecule has 7 unspecified atom stereocenters. The lowest BCUT2D eigenvalue weighted by Gasteiger charge is -2.40. The minimum absolute atomic E-state index is 0.180. The highest BCUT2D eigenvalue weighted by Gasteiger charge is 2.44. The summed E-state index contributed by atoms with van der Waals surface area (Å²) < 4.78 is 11.3. The number of carbonyl (C=O) groups is 1. The van der Waals surface area contributed by atoms with Gasteiger partial charge in [0.05, 0.1) is 25.4 Å². The molecule has 0 saturated carbocycles. The van der Waals surface area contributed by atoms with Crippen LogP contribution in [0, 0.1) is 0 Å². The molecule has 9 nitrogen and oxygen atoms in total. The highest BCUT2D eigenvalue weighted by molar-refractivity contribution is 5.76. The number of amides is 1. The second-order valence-electron chi connectivity index (χ2n) is 21.5. The zero-order valence-electron chi connectivity index (χ0n) is 46.0. The van der Waals surface area contributed by atoms with E-state index in [1.807, 2.05) is 6.08 Å². The highest BCUT2D eigenvalue weighted by atomic mass is 16.7. The van der Waals surface area contributed by atoms with Crippen molar-refractivity contribution in [2.75, 3.05) is 13.2 Å². The van der Waals surface area contributed by atoms with Crippen molar-refractivity contribution in [3.63, 3.8) is 0 Å². The van der Waals surface area contributed by atoms with E-state index >= 15 is 0 Å². The van der Waals surface area contributed by atoms with Crippen LogP contribution in [0.2, 0.25) is 0 Å².